The van der Waals surface area contributed by atoms with Crippen LogP contribution < -0.4 is 5.32 Å². The smallest absolute Gasteiger partial charge is 0.414 e. The molecule has 5 atom stereocenters. The van der Waals surface area contributed by atoms with E-state index < -0.39 is 48.3 Å². The van der Waals surface area contributed by atoms with E-state index in [4.69, 9.17) is 14.6 Å². The van der Waals surface area contributed by atoms with Gasteiger partial charge in [0.15, 0.2) is 0 Å². The first-order chi connectivity index (χ1) is 11.3. The van der Waals surface area contributed by atoms with Gasteiger partial charge in [-0.3, -0.25) is 15.4 Å². The van der Waals surface area contributed by atoms with Crippen molar-refractivity contribution in [1.29, 1.82) is 0 Å². The number of carbonyl (C=O) groups excluding carboxylic acids is 1. The van der Waals surface area contributed by atoms with Gasteiger partial charge in [0.1, 0.15) is 24.4 Å². The first kappa shape index (κ1) is 18.0. The molecule has 1 aromatic rings. The lowest BCUT2D eigenvalue weighted by Gasteiger charge is -2.39. The number of hydrogen-bond donors (Lipinski definition) is 5. The van der Waals surface area contributed by atoms with Gasteiger partial charge in [-0.2, -0.15) is 0 Å². The summed E-state index contributed by atoms with van der Waals surface area (Å²) in [6, 6.07) is 4.88. The lowest BCUT2D eigenvalue weighted by Crippen LogP contribution is -2.59. The normalized spacial score (nSPS) is 29.8. The third-order valence-electron chi connectivity index (χ3n) is 3.40. The predicted molar refractivity (Wildman–Crippen MR) is 77.0 cm³/mol. The number of non-ortho nitro benzene ring substituents is 1. The quantitative estimate of drug-likeness (QED) is 0.337. The summed E-state index contributed by atoms with van der Waals surface area (Å²) in [5.74, 6) is 0. The summed E-state index contributed by atoms with van der Waals surface area (Å²) in [4.78, 5) is 21.7. The molecule has 1 aromatic carbocycles. The summed E-state index contributed by atoms with van der Waals surface area (Å²) in [6.45, 7) is -0.658. The molecule has 132 valence electrons. The Morgan fingerprint density at radius 2 is 1.83 bits per heavy atom. The molecule has 0 bridgehead atoms. The molecule has 1 unspecified atom stereocenters. The number of nitro groups is 1. The van der Waals surface area contributed by atoms with Crippen molar-refractivity contribution in [1.82, 2.24) is 0 Å². The van der Waals surface area contributed by atoms with E-state index in [2.05, 4.69) is 5.32 Å². The number of nitrogens with one attached hydrogen (secondary N) is 1. The zero-order valence-electron chi connectivity index (χ0n) is 12.2. The summed E-state index contributed by atoms with van der Waals surface area (Å²) < 4.78 is 9.80. The number of nitro benzene ring substituents is 1. The van der Waals surface area contributed by atoms with Crippen LogP contribution in [-0.2, 0) is 9.47 Å². The molecule has 0 aromatic heterocycles. The Morgan fingerprint density at radius 1 is 1.21 bits per heavy atom. The molecule has 11 heteroatoms. The fourth-order valence-corrected chi connectivity index (χ4v) is 2.08. The number of anilines is 1. The average Bonchev–Trinajstić information content (AvgIpc) is 2.55. The van der Waals surface area contributed by atoms with Gasteiger partial charge >= 0.3 is 6.09 Å². The maximum Gasteiger partial charge on any atom is 0.414 e. The molecular formula is C13H16N2O9. The Morgan fingerprint density at radius 3 is 2.38 bits per heavy atom. The fourth-order valence-electron chi connectivity index (χ4n) is 2.08. The number of benzene rings is 1. The minimum atomic E-state index is -1.72. The molecule has 1 heterocycles. The molecule has 24 heavy (non-hydrogen) atoms. The average molecular weight is 344 g/mol. The van der Waals surface area contributed by atoms with Gasteiger partial charge in [-0.05, 0) is 12.1 Å². The first-order valence-corrected chi connectivity index (χ1v) is 6.86. The largest absolute Gasteiger partial charge is 0.416 e. The number of carbonyl (C=O) groups is 1. The summed E-state index contributed by atoms with van der Waals surface area (Å²) >= 11 is 0. The summed E-state index contributed by atoms with van der Waals surface area (Å²) in [6.07, 6.45) is -8.84. The Hall–Kier alpha value is -2.31. The van der Waals surface area contributed by atoms with Gasteiger partial charge in [-0.15, -0.1) is 0 Å². The van der Waals surface area contributed by atoms with Crippen LogP contribution in [0.5, 0.6) is 0 Å². The van der Waals surface area contributed by atoms with E-state index >= 15 is 0 Å². The minimum Gasteiger partial charge on any atom is -0.416 e. The number of ether oxygens (including phenoxy) is 2. The van der Waals surface area contributed by atoms with E-state index in [1.807, 2.05) is 0 Å². The maximum atomic E-state index is 11.8. The van der Waals surface area contributed by atoms with Gasteiger partial charge in [-0.25, -0.2) is 4.79 Å². The lowest BCUT2D eigenvalue weighted by atomic mass is 9.99. The van der Waals surface area contributed by atoms with Crippen LogP contribution in [0.2, 0.25) is 0 Å². The van der Waals surface area contributed by atoms with Gasteiger partial charge < -0.3 is 29.9 Å². The Bertz CT molecular complexity index is 592. The topological polar surface area (TPSA) is 172 Å². The second kappa shape index (κ2) is 7.51. The van der Waals surface area contributed by atoms with Crippen molar-refractivity contribution in [2.45, 2.75) is 30.7 Å². The molecule has 5 N–H and O–H groups in total. The van der Waals surface area contributed by atoms with Gasteiger partial charge in [-0.1, -0.05) is 0 Å². The second-order valence-corrected chi connectivity index (χ2v) is 5.03. The van der Waals surface area contributed by atoms with Crippen LogP contribution in [0.3, 0.4) is 0 Å². The Kier molecular flexibility index (Phi) is 5.64. The van der Waals surface area contributed by atoms with E-state index in [-0.39, 0.29) is 11.4 Å². The molecule has 1 amide bonds. The van der Waals surface area contributed by atoms with Crippen molar-refractivity contribution >= 4 is 17.5 Å². The second-order valence-electron chi connectivity index (χ2n) is 5.03. The zero-order valence-corrected chi connectivity index (χ0v) is 12.2. The van der Waals surface area contributed by atoms with Crippen molar-refractivity contribution in [3.63, 3.8) is 0 Å². The molecule has 1 saturated heterocycles. The molecule has 0 radical (unpaired) electrons. The zero-order chi connectivity index (χ0) is 17.9. The van der Waals surface area contributed by atoms with Crippen LogP contribution in [0.4, 0.5) is 16.2 Å². The maximum absolute atomic E-state index is 11.8. The van der Waals surface area contributed by atoms with Gasteiger partial charge in [0.05, 0.1) is 11.5 Å². The van der Waals surface area contributed by atoms with E-state index in [1.165, 1.54) is 24.3 Å². The highest BCUT2D eigenvalue weighted by molar-refractivity contribution is 5.84. The molecule has 1 aliphatic heterocycles. The highest BCUT2D eigenvalue weighted by atomic mass is 16.7. The number of hydrogen-bond acceptors (Lipinski definition) is 9. The molecule has 11 nitrogen and oxygen atoms in total. The first-order valence-electron chi connectivity index (χ1n) is 6.86. The van der Waals surface area contributed by atoms with Crippen LogP contribution >= 0.6 is 0 Å². The predicted octanol–water partition coefficient (Wildman–Crippen LogP) is -1.06. The fraction of sp³-hybridized carbons (Fsp3) is 0.462. The number of aliphatic hydroxyl groups is 4. The monoisotopic (exact) mass is 344 g/mol. The third kappa shape index (κ3) is 3.96. The van der Waals surface area contributed by atoms with Crippen LogP contribution in [0.15, 0.2) is 24.3 Å². The van der Waals surface area contributed by atoms with Crippen LogP contribution in [0.25, 0.3) is 0 Å². The van der Waals surface area contributed by atoms with Gasteiger partial charge in [0.2, 0.25) is 6.29 Å². The molecule has 2 rings (SSSR count). The number of rotatable bonds is 4. The van der Waals surface area contributed by atoms with Crippen LogP contribution in [0, 0.1) is 10.1 Å². The van der Waals surface area contributed by atoms with Crippen LogP contribution in [-0.4, -0.2) is 68.8 Å². The van der Waals surface area contributed by atoms with Crippen molar-refractivity contribution in [2.24, 2.45) is 0 Å². The summed E-state index contributed by atoms with van der Waals surface area (Å²) in [5.41, 5.74) is 0.0260. The summed E-state index contributed by atoms with van der Waals surface area (Å²) in [5, 5.41) is 50.8. The molecule has 1 fully saturated rings. The third-order valence-corrected chi connectivity index (χ3v) is 3.40. The van der Waals surface area contributed by atoms with E-state index in [0.717, 1.165) is 0 Å². The number of aliphatic hydroxyl groups excluding tert-OH is 4. The number of amides is 1. The SMILES string of the molecule is O=C(Nc1ccc([N+](=O)[O-])cc1)OC1O[C@H](CO)[C@@H](O)[C@H](O)[C@H]1O. The Labute approximate surface area is 135 Å². The highest BCUT2D eigenvalue weighted by Crippen LogP contribution is 2.22. The van der Waals surface area contributed by atoms with Crippen molar-refractivity contribution in [3.05, 3.63) is 34.4 Å². The standard InChI is InChI=1S/C13H16N2O9/c16-5-8-9(17)10(18)11(19)12(23-8)24-13(20)14-6-1-3-7(4-2-6)15(21)22/h1-4,8-12,16-19H,5H2,(H,14,20)/t8-,9-,10+,11-,12?/m1/s1. The van der Waals surface area contributed by atoms with Crippen LogP contribution in [0.1, 0.15) is 0 Å². The number of nitrogens with zero attached hydrogens (tertiary/aromatic N) is 1. The van der Waals surface area contributed by atoms with Crippen molar-refractivity contribution < 1.29 is 39.6 Å². The van der Waals surface area contributed by atoms with Crippen molar-refractivity contribution in [2.75, 3.05) is 11.9 Å². The molecular weight excluding hydrogens is 328 g/mol. The van der Waals surface area contributed by atoms with Crippen molar-refractivity contribution in [3.8, 4) is 0 Å². The Balaban J connectivity index is 1.97. The molecule has 0 aliphatic carbocycles. The summed E-state index contributed by atoms with van der Waals surface area (Å²) in [7, 11) is 0. The molecule has 0 spiro atoms. The highest BCUT2D eigenvalue weighted by Gasteiger charge is 2.45. The molecule has 0 saturated carbocycles. The lowest BCUT2D eigenvalue weighted by molar-refractivity contribution is -0.384. The minimum absolute atomic E-state index is 0.164. The van der Waals surface area contributed by atoms with E-state index in [0.29, 0.717) is 0 Å². The van der Waals surface area contributed by atoms with E-state index in [1.54, 1.807) is 0 Å². The van der Waals surface area contributed by atoms with Gasteiger partial charge in [0.25, 0.3) is 5.69 Å². The molecule has 1 aliphatic rings. The van der Waals surface area contributed by atoms with Gasteiger partial charge in [0, 0.05) is 17.8 Å². The van der Waals surface area contributed by atoms with E-state index in [9.17, 15) is 30.2 Å².